The molecule has 0 aromatic rings. The number of rotatable bonds is 6. The van der Waals surface area contributed by atoms with E-state index in [9.17, 15) is 4.79 Å². The quantitative estimate of drug-likeness (QED) is 0.483. The molecular formula is C12H22O2. The first-order chi connectivity index (χ1) is 6.47. The van der Waals surface area contributed by atoms with Crippen LogP contribution in [0.2, 0.25) is 0 Å². The molecule has 0 aromatic carbocycles. The molecule has 0 bridgehead atoms. The maximum Gasteiger partial charge on any atom is 0.330 e. The van der Waals surface area contributed by atoms with Gasteiger partial charge in [0, 0.05) is 11.5 Å². The van der Waals surface area contributed by atoms with Crippen molar-refractivity contribution in [2.24, 2.45) is 5.41 Å². The van der Waals surface area contributed by atoms with Crippen LogP contribution in [0.1, 0.15) is 47.0 Å². The maximum absolute atomic E-state index is 11.1. The van der Waals surface area contributed by atoms with E-state index >= 15 is 0 Å². The SMILES string of the molecule is C=CC(=O)OC(CCC)C(C)(C)CC. The minimum absolute atomic E-state index is 0.00278. The molecule has 2 heteroatoms. The van der Waals surface area contributed by atoms with Crippen molar-refractivity contribution in [3.8, 4) is 0 Å². The van der Waals surface area contributed by atoms with E-state index in [2.05, 4.69) is 34.3 Å². The Bertz CT molecular complexity index is 194. The van der Waals surface area contributed by atoms with Gasteiger partial charge in [0.25, 0.3) is 0 Å². The minimum Gasteiger partial charge on any atom is -0.459 e. The Morgan fingerprint density at radius 2 is 2.07 bits per heavy atom. The Balaban J connectivity index is 4.42. The molecule has 0 amide bonds. The van der Waals surface area contributed by atoms with Crippen molar-refractivity contribution >= 4 is 5.97 Å². The number of carbonyl (C=O) groups is 1. The average Bonchev–Trinajstić information content (AvgIpc) is 2.17. The van der Waals surface area contributed by atoms with Crippen molar-refractivity contribution in [3.63, 3.8) is 0 Å². The van der Waals surface area contributed by atoms with Gasteiger partial charge in [0.05, 0.1) is 0 Å². The summed E-state index contributed by atoms with van der Waals surface area (Å²) in [5, 5.41) is 0. The summed E-state index contributed by atoms with van der Waals surface area (Å²) in [5.41, 5.74) is 0.0503. The van der Waals surface area contributed by atoms with E-state index in [4.69, 9.17) is 4.74 Å². The van der Waals surface area contributed by atoms with Gasteiger partial charge >= 0.3 is 5.97 Å². The Labute approximate surface area is 87.3 Å². The molecule has 0 aliphatic rings. The number of hydrogen-bond acceptors (Lipinski definition) is 2. The van der Waals surface area contributed by atoms with Crippen LogP contribution in [0.25, 0.3) is 0 Å². The predicted molar refractivity (Wildman–Crippen MR) is 59.1 cm³/mol. The molecule has 1 unspecified atom stereocenters. The third-order valence-corrected chi connectivity index (χ3v) is 2.76. The molecule has 14 heavy (non-hydrogen) atoms. The van der Waals surface area contributed by atoms with Crippen molar-refractivity contribution < 1.29 is 9.53 Å². The van der Waals surface area contributed by atoms with Crippen LogP contribution in [-0.4, -0.2) is 12.1 Å². The van der Waals surface area contributed by atoms with Crippen LogP contribution in [0, 0.1) is 5.41 Å². The molecule has 2 nitrogen and oxygen atoms in total. The summed E-state index contributed by atoms with van der Waals surface area (Å²) >= 11 is 0. The largest absolute Gasteiger partial charge is 0.459 e. The molecule has 82 valence electrons. The lowest BCUT2D eigenvalue weighted by Gasteiger charge is -2.32. The highest BCUT2D eigenvalue weighted by Crippen LogP contribution is 2.30. The second kappa shape index (κ2) is 5.84. The Kier molecular flexibility index (Phi) is 5.51. The molecule has 0 radical (unpaired) electrons. The summed E-state index contributed by atoms with van der Waals surface area (Å²) in [6.45, 7) is 11.9. The lowest BCUT2D eigenvalue weighted by atomic mass is 9.81. The van der Waals surface area contributed by atoms with Crippen molar-refractivity contribution in [2.45, 2.75) is 53.1 Å². The molecule has 0 fully saturated rings. The van der Waals surface area contributed by atoms with Crippen LogP contribution in [0.3, 0.4) is 0 Å². The van der Waals surface area contributed by atoms with E-state index in [1.165, 1.54) is 6.08 Å². The number of esters is 1. The topological polar surface area (TPSA) is 26.3 Å². The highest BCUT2D eigenvalue weighted by Gasteiger charge is 2.29. The van der Waals surface area contributed by atoms with Gasteiger partial charge in [-0.05, 0) is 12.8 Å². The molecule has 0 heterocycles. The highest BCUT2D eigenvalue weighted by atomic mass is 16.5. The van der Waals surface area contributed by atoms with E-state index < -0.39 is 0 Å². The molecule has 0 rings (SSSR count). The van der Waals surface area contributed by atoms with Gasteiger partial charge in [-0.2, -0.15) is 0 Å². The lowest BCUT2D eigenvalue weighted by Crippen LogP contribution is -2.33. The van der Waals surface area contributed by atoms with E-state index in [1.807, 2.05) is 0 Å². The fraction of sp³-hybridized carbons (Fsp3) is 0.750. The van der Waals surface area contributed by atoms with Gasteiger partial charge in [0.2, 0.25) is 0 Å². The molecule has 0 spiro atoms. The zero-order chi connectivity index (χ0) is 11.2. The molecule has 1 atom stereocenters. The van der Waals surface area contributed by atoms with Crippen LogP contribution >= 0.6 is 0 Å². The first kappa shape index (κ1) is 13.2. The van der Waals surface area contributed by atoms with Crippen LogP contribution in [0.15, 0.2) is 12.7 Å². The third-order valence-electron chi connectivity index (χ3n) is 2.76. The van der Waals surface area contributed by atoms with Crippen LogP contribution in [0.5, 0.6) is 0 Å². The molecule has 0 aliphatic carbocycles. The van der Waals surface area contributed by atoms with Crippen molar-refractivity contribution in [2.75, 3.05) is 0 Å². The molecular weight excluding hydrogens is 176 g/mol. The molecule has 0 aromatic heterocycles. The van der Waals surface area contributed by atoms with E-state index in [1.54, 1.807) is 0 Å². The summed E-state index contributed by atoms with van der Waals surface area (Å²) in [7, 11) is 0. The Morgan fingerprint density at radius 1 is 1.50 bits per heavy atom. The van der Waals surface area contributed by atoms with E-state index in [0.717, 1.165) is 19.3 Å². The summed E-state index contributed by atoms with van der Waals surface area (Å²) in [6.07, 6.45) is 4.18. The van der Waals surface area contributed by atoms with Crippen molar-refractivity contribution in [1.29, 1.82) is 0 Å². The highest BCUT2D eigenvalue weighted by molar-refractivity contribution is 5.81. The second-order valence-corrected chi connectivity index (χ2v) is 4.26. The van der Waals surface area contributed by atoms with Crippen LogP contribution in [0.4, 0.5) is 0 Å². The molecule has 0 aliphatic heterocycles. The fourth-order valence-corrected chi connectivity index (χ4v) is 1.29. The normalized spacial score (nSPS) is 13.4. The summed E-state index contributed by atoms with van der Waals surface area (Å²) < 4.78 is 5.34. The summed E-state index contributed by atoms with van der Waals surface area (Å²) in [5.74, 6) is -0.315. The van der Waals surface area contributed by atoms with E-state index in [0.29, 0.717) is 0 Å². The monoisotopic (exact) mass is 198 g/mol. The lowest BCUT2D eigenvalue weighted by molar-refractivity contribution is -0.149. The van der Waals surface area contributed by atoms with Crippen LogP contribution in [-0.2, 0) is 9.53 Å². The number of carbonyl (C=O) groups excluding carboxylic acids is 1. The van der Waals surface area contributed by atoms with Gasteiger partial charge in [-0.25, -0.2) is 4.79 Å². The van der Waals surface area contributed by atoms with Crippen LogP contribution < -0.4 is 0 Å². The van der Waals surface area contributed by atoms with Gasteiger partial charge in [0.15, 0.2) is 0 Å². The maximum atomic E-state index is 11.1. The predicted octanol–water partition coefficient (Wildman–Crippen LogP) is 3.32. The van der Waals surface area contributed by atoms with E-state index in [-0.39, 0.29) is 17.5 Å². The molecule has 0 saturated carbocycles. The van der Waals surface area contributed by atoms with Gasteiger partial charge in [-0.3, -0.25) is 0 Å². The summed E-state index contributed by atoms with van der Waals surface area (Å²) in [6, 6.07) is 0. The second-order valence-electron chi connectivity index (χ2n) is 4.26. The third kappa shape index (κ3) is 3.95. The molecule has 0 saturated heterocycles. The standard InChI is InChI=1S/C12H22O2/c1-6-9-10(12(4,5)8-3)14-11(13)7-2/h7,10H,2,6,8-9H2,1,3-5H3. The fourth-order valence-electron chi connectivity index (χ4n) is 1.29. The summed E-state index contributed by atoms with van der Waals surface area (Å²) in [4.78, 5) is 11.1. The first-order valence-electron chi connectivity index (χ1n) is 5.31. The van der Waals surface area contributed by atoms with Gasteiger partial charge in [0.1, 0.15) is 6.10 Å². The smallest absolute Gasteiger partial charge is 0.330 e. The zero-order valence-corrected chi connectivity index (χ0v) is 9.80. The van der Waals surface area contributed by atoms with Gasteiger partial charge < -0.3 is 4.74 Å². The Hall–Kier alpha value is -0.790. The number of ether oxygens (including phenoxy) is 1. The van der Waals surface area contributed by atoms with Gasteiger partial charge in [-0.1, -0.05) is 40.7 Å². The minimum atomic E-state index is -0.315. The van der Waals surface area contributed by atoms with Gasteiger partial charge in [-0.15, -0.1) is 0 Å². The van der Waals surface area contributed by atoms with Crippen molar-refractivity contribution in [1.82, 2.24) is 0 Å². The average molecular weight is 198 g/mol. The number of hydrogen-bond donors (Lipinski definition) is 0. The zero-order valence-electron chi connectivity index (χ0n) is 9.80. The van der Waals surface area contributed by atoms with Crippen molar-refractivity contribution in [3.05, 3.63) is 12.7 Å². The first-order valence-corrected chi connectivity index (χ1v) is 5.31. The molecule has 0 N–H and O–H groups in total. The Morgan fingerprint density at radius 3 is 2.43 bits per heavy atom.